The second kappa shape index (κ2) is 3.57. The summed E-state index contributed by atoms with van der Waals surface area (Å²) in [6, 6.07) is 0.858. The van der Waals surface area contributed by atoms with E-state index in [1.165, 1.54) is 6.92 Å². The fourth-order valence-electron chi connectivity index (χ4n) is 1.15. The summed E-state index contributed by atoms with van der Waals surface area (Å²) in [7, 11) is 0. The van der Waals surface area contributed by atoms with E-state index < -0.39 is 23.4 Å². The van der Waals surface area contributed by atoms with Crippen LogP contribution >= 0.6 is 0 Å². The molecule has 0 spiro atoms. The van der Waals surface area contributed by atoms with E-state index in [0.29, 0.717) is 0 Å². The average Bonchev–Trinajstić information content (AvgIpc) is 2.41. The third-order valence-electron chi connectivity index (χ3n) is 1.93. The summed E-state index contributed by atoms with van der Waals surface area (Å²) in [6.45, 7) is 2.49. The lowest BCUT2D eigenvalue weighted by Crippen LogP contribution is -2.44. The molecule has 0 aliphatic heterocycles. The highest BCUT2D eigenvalue weighted by molar-refractivity contribution is 6.02. The van der Waals surface area contributed by atoms with Gasteiger partial charge < -0.3 is 4.42 Å². The molecule has 0 aliphatic carbocycles. The van der Waals surface area contributed by atoms with Crippen molar-refractivity contribution in [2.45, 2.75) is 25.9 Å². The molecule has 1 aromatic rings. The first kappa shape index (κ1) is 12.7. The molecule has 90 valence electrons. The molecule has 0 aliphatic rings. The number of hydrogen-bond acceptors (Lipinski definition) is 2. The summed E-state index contributed by atoms with van der Waals surface area (Å²) in [6.07, 6.45) is -5.90. The number of carbonyl (C=O) groups is 1. The number of hydrogen-bond donors (Lipinski definition) is 0. The minimum Gasteiger partial charge on any atom is -0.466 e. The van der Waals surface area contributed by atoms with Crippen molar-refractivity contribution in [1.29, 1.82) is 0 Å². The zero-order chi connectivity index (χ0) is 12.7. The van der Waals surface area contributed by atoms with Gasteiger partial charge in [-0.2, -0.15) is 22.0 Å². The highest BCUT2D eigenvalue weighted by Gasteiger charge is 2.63. The number of alkyl halides is 5. The lowest BCUT2D eigenvalue weighted by Gasteiger charge is -2.17. The maximum absolute atomic E-state index is 12.7. The minimum atomic E-state index is -5.90. The molecule has 7 heteroatoms. The fourth-order valence-corrected chi connectivity index (χ4v) is 1.15. The molecule has 1 heterocycles. The lowest BCUT2D eigenvalue weighted by molar-refractivity contribution is -0.255. The van der Waals surface area contributed by atoms with Crippen LogP contribution in [0.3, 0.4) is 0 Å². The zero-order valence-corrected chi connectivity index (χ0v) is 8.28. The predicted molar refractivity (Wildman–Crippen MR) is 43.5 cm³/mol. The molecule has 0 N–H and O–H groups in total. The van der Waals surface area contributed by atoms with E-state index in [0.717, 1.165) is 13.0 Å². The van der Waals surface area contributed by atoms with Gasteiger partial charge in [-0.15, -0.1) is 0 Å². The minimum absolute atomic E-state index is 0.0961. The van der Waals surface area contributed by atoms with Gasteiger partial charge in [-0.1, -0.05) is 0 Å². The summed E-state index contributed by atoms with van der Waals surface area (Å²) in [5.74, 6) is -7.85. The van der Waals surface area contributed by atoms with Crippen LogP contribution in [-0.2, 0) is 0 Å². The fraction of sp³-hybridized carbons (Fsp3) is 0.444. The number of carbonyl (C=O) groups excluding carboxylic acids is 1. The molecule has 0 atom stereocenters. The molecular formula is C9H7F5O2. The van der Waals surface area contributed by atoms with Gasteiger partial charge in [0.2, 0.25) is 5.78 Å². The number of Topliss-reactive ketones (excluding diaryl/α,β-unsaturated/α-hetero) is 1. The van der Waals surface area contributed by atoms with E-state index in [2.05, 4.69) is 0 Å². The average molecular weight is 242 g/mol. The van der Waals surface area contributed by atoms with E-state index in [9.17, 15) is 26.7 Å². The third-order valence-corrected chi connectivity index (χ3v) is 1.93. The SMILES string of the molecule is Cc1cc(C(=O)C(F)(F)C(F)(F)F)c(C)o1. The first-order valence-corrected chi connectivity index (χ1v) is 4.13. The standard InChI is InChI=1S/C9H7F5O2/c1-4-3-6(5(2)16-4)7(15)8(10,11)9(12,13)14/h3H,1-2H3. The van der Waals surface area contributed by atoms with Crippen LogP contribution in [0, 0.1) is 13.8 Å². The number of furan rings is 1. The van der Waals surface area contributed by atoms with Crippen molar-refractivity contribution in [1.82, 2.24) is 0 Å². The molecule has 0 radical (unpaired) electrons. The van der Waals surface area contributed by atoms with Crippen molar-refractivity contribution in [3.8, 4) is 0 Å². The third kappa shape index (κ3) is 1.94. The molecule has 1 aromatic heterocycles. The van der Waals surface area contributed by atoms with E-state index in [4.69, 9.17) is 4.42 Å². The van der Waals surface area contributed by atoms with Gasteiger partial charge in [-0.05, 0) is 19.9 Å². The Kier molecular flexibility index (Phi) is 2.82. The molecule has 0 unspecified atom stereocenters. The second-order valence-corrected chi connectivity index (χ2v) is 3.23. The van der Waals surface area contributed by atoms with E-state index in [1.54, 1.807) is 0 Å². The molecule has 2 nitrogen and oxygen atoms in total. The highest BCUT2D eigenvalue weighted by Crippen LogP contribution is 2.38. The van der Waals surface area contributed by atoms with Crippen molar-refractivity contribution < 1.29 is 31.2 Å². The molecule has 0 saturated heterocycles. The van der Waals surface area contributed by atoms with E-state index >= 15 is 0 Å². The summed E-state index contributed by atoms with van der Waals surface area (Å²) < 4.78 is 65.8. The van der Waals surface area contributed by atoms with Gasteiger partial charge in [-0.3, -0.25) is 4.79 Å². The van der Waals surface area contributed by atoms with Crippen LogP contribution in [0.25, 0.3) is 0 Å². The van der Waals surface area contributed by atoms with Gasteiger partial charge >= 0.3 is 12.1 Å². The summed E-state index contributed by atoms with van der Waals surface area (Å²) in [5, 5.41) is 0. The Hall–Kier alpha value is -1.40. The van der Waals surface area contributed by atoms with Gasteiger partial charge in [0.05, 0.1) is 5.56 Å². The molecular weight excluding hydrogens is 235 g/mol. The van der Waals surface area contributed by atoms with Crippen molar-refractivity contribution in [3.63, 3.8) is 0 Å². The Morgan fingerprint density at radius 2 is 1.69 bits per heavy atom. The van der Waals surface area contributed by atoms with Crippen LogP contribution in [0.15, 0.2) is 10.5 Å². The van der Waals surface area contributed by atoms with Crippen molar-refractivity contribution in [3.05, 3.63) is 23.2 Å². The molecule has 0 bridgehead atoms. The normalized spacial score (nSPS) is 12.9. The monoisotopic (exact) mass is 242 g/mol. The number of ketones is 1. The summed E-state index contributed by atoms with van der Waals surface area (Å²) in [5.41, 5.74) is -0.750. The van der Waals surface area contributed by atoms with Gasteiger partial charge in [0.25, 0.3) is 0 Å². The quantitative estimate of drug-likeness (QED) is 0.588. The van der Waals surface area contributed by atoms with Crippen molar-refractivity contribution >= 4 is 5.78 Å². The number of aryl methyl sites for hydroxylation is 2. The van der Waals surface area contributed by atoms with Crippen LogP contribution in [0.4, 0.5) is 22.0 Å². The molecule has 0 aromatic carbocycles. The maximum Gasteiger partial charge on any atom is 0.461 e. The van der Waals surface area contributed by atoms with E-state index in [-0.39, 0.29) is 11.5 Å². The number of rotatable bonds is 2. The Bertz CT molecular complexity index is 416. The van der Waals surface area contributed by atoms with Crippen LogP contribution in [0.1, 0.15) is 21.9 Å². The molecule has 1 rings (SSSR count). The number of halogens is 5. The van der Waals surface area contributed by atoms with Crippen molar-refractivity contribution in [2.75, 3.05) is 0 Å². The van der Waals surface area contributed by atoms with Gasteiger partial charge in [0.15, 0.2) is 0 Å². The largest absolute Gasteiger partial charge is 0.466 e. The molecule has 0 saturated carbocycles. The molecule has 0 amide bonds. The first-order chi connectivity index (χ1) is 7.07. The van der Waals surface area contributed by atoms with Crippen LogP contribution < -0.4 is 0 Å². The Balaban J connectivity index is 3.17. The summed E-state index contributed by atoms with van der Waals surface area (Å²) >= 11 is 0. The summed E-state index contributed by atoms with van der Waals surface area (Å²) in [4.78, 5) is 11.0. The predicted octanol–water partition coefficient (Wildman–Crippen LogP) is 3.28. The first-order valence-electron chi connectivity index (χ1n) is 4.13. The lowest BCUT2D eigenvalue weighted by atomic mass is 10.1. The van der Waals surface area contributed by atoms with Crippen molar-refractivity contribution in [2.24, 2.45) is 0 Å². The van der Waals surface area contributed by atoms with Crippen LogP contribution in [0.5, 0.6) is 0 Å². The van der Waals surface area contributed by atoms with Crippen LogP contribution in [0.2, 0.25) is 0 Å². The van der Waals surface area contributed by atoms with Gasteiger partial charge in [0, 0.05) is 0 Å². The molecule has 0 fully saturated rings. The Morgan fingerprint density at radius 1 is 1.19 bits per heavy atom. The Morgan fingerprint density at radius 3 is 2.00 bits per heavy atom. The van der Waals surface area contributed by atoms with Gasteiger partial charge in [-0.25, -0.2) is 0 Å². The Labute approximate surface area is 87.0 Å². The highest BCUT2D eigenvalue weighted by atomic mass is 19.4. The van der Waals surface area contributed by atoms with Gasteiger partial charge in [0.1, 0.15) is 11.5 Å². The zero-order valence-electron chi connectivity index (χ0n) is 8.28. The van der Waals surface area contributed by atoms with Crippen LogP contribution in [-0.4, -0.2) is 17.9 Å². The van der Waals surface area contributed by atoms with E-state index in [1.807, 2.05) is 0 Å². The second-order valence-electron chi connectivity index (χ2n) is 3.23. The topological polar surface area (TPSA) is 30.2 Å². The smallest absolute Gasteiger partial charge is 0.461 e. The maximum atomic E-state index is 12.7. The molecule has 16 heavy (non-hydrogen) atoms.